The average molecular weight is 545 g/mol. The lowest BCUT2D eigenvalue weighted by Crippen LogP contribution is -2.47. The highest BCUT2D eigenvalue weighted by Crippen LogP contribution is 2.30. The molecule has 12 heteroatoms. The predicted molar refractivity (Wildman–Crippen MR) is 137 cm³/mol. The van der Waals surface area contributed by atoms with Gasteiger partial charge < -0.3 is 9.64 Å². The van der Waals surface area contributed by atoms with Crippen molar-refractivity contribution in [2.45, 2.75) is 26.1 Å². The Morgan fingerprint density at radius 3 is 2.39 bits per heavy atom. The molecule has 1 fully saturated rings. The van der Waals surface area contributed by atoms with E-state index < -0.39 is 12.8 Å². The first-order valence-corrected chi connectivity index (χ1v) is 12.2. The molecule has 1 saturated heterocycles. The zero-order chi connectivity index (χ0) is 25.0. The van der Waals surface area contributed by atoms with E-state index in [-0.39, 0.29) is 29.4 Å². The maximum Gasteiger partial charge on any atom is 0.422 e. The second-order valence-corrected chi connectivity index (χ2v) is 9.35. The van der Waals surface area contributed by atoms with Gasteiger partial charge in [0, 0.05) is 44.5 Å². The summed E-state index contributed by atoms with van der Waals surface area (Å²) in [6.07, 6.45) is -2.17. The van der Waals surface area contributed by atoms with E-state index in [4.69, 9.17) is 4.74 Å². The minimum atomic E-state index is -4.39. The van der Waals surface area contributed by atoms with Crippen LogP contribution in [-0.4, -0.2) is 59.5 Å². The Morgan fingerprint density at radius 1 is 1.00 bits per heavy atom. The Balaban J connectivity index is 0.00000361. The average Bonchev–Trinajstić information content (AvgIpc) is 3.37. The molecule has 0 bridgehead atoms. The minimum Gasteiger partial charge on any atom is -0.482 e. The van der Waals surface area contributed by atoms with Crippen molar-refractivity contribution >= 4 is 29.4 Å². The van der Waals surface area contributed by atoms with E-state index in [9.17, 15) is 22.8 Å². The first-order valence-electron chi connectivity index (χ1n) is 11.4. The van der Waals surface area contributed by atoms with Crippen LogP contribution in [0.25, 0.3) is 5.00 Å². The van der Waals surface area contributed by atoms with Crippen LogP contribution in [0.3, 0.4) is 0 Å². The monoisotopic (exact) mass is 544 g/mol. The maximum atomic E-state index is 12.9. The third kappa shape index (κ3) is 6.71. The normalized spacial score (nSPS) is 14.5. The highest BCUT2D eigenvalue weighted by molar-refractivity contribution is 7.12. The Hall–Kier alpha value is -2.76. The van der Waals surface area contributed by atoms with E-state index in [0.717, 1.165) is 18.1 Å². The summed E-state index contributed by atoms with van der Waals surface area (Å²) in [7, 11) is 0. The molecule has 1 aliphatic heterocycles. The van der Waals surface area contributed by atoms with Gasteiger partial charge in [0.15, 0.2) is 6.61 Å². The molecule has 0 saturated carbocycles. The van der Waals surface area contributed by atoms with Gasteiger partial charge in [0.05, 0.1) is 5.69 Å². The van der Waals surface area contributed by atoms with Crippen LogP contribution in [0.15, 0.2) is 57.6 Å². The molecule has 0 unspecified atom stereocenters. The van der Waals surface area contributed by atoms with Crippen molar-refractivity contribution in [2.24, 2.45) is 0 Å². The van der Waals surface area contributed by atoms with Crippen LogP contribution in [-0.2, 0) is 6.54 Å². The molecular weight excluding hydrogens is 517 g/mol. The third-order valence-electron chi connectivity index (χ3n) is 5.91. The molecule has 0 N–H and O–H groups in total. The van der Waals surface area contributed by atoms with Crippen LogP contribution >= 0.6 is 23.7 Å². The van der Waals surface area contributed by atoms with Gasteiger partial charge in [-0.25, -0.2) is 4.79 Å². The number of anilines is 1. The minimum absolute atomic E-state index is 0. The summed E-state index contributed by atoms with van der Waals surface area (Å²) in [5, 5.41) is 2.65. The molecule has 0 radical (unpaired) electrons. The summed E-state index contributed by atoms with van der Waals surface area (Å²) in [6, 6.07) is 10.5. The molecule has 7 nitrogen and oxygen atoms in total. The van der Waals surface area contributed by atoms with Crippen molar-refractivity contribution in [3.8, 4) is 10.8 Å². The van der Waals surface area contributed by atoms with Crippen LogP contribution in [0.5, 0.6) is 5.75 Å². The van der Waals surface area contributed by atoms with E-state index >= 15 is 0 Å². The van der Waals surface area contributed by atoms with E-state index in [2.05, 4.69) is 4.90 Å². The lowest BCUT2D eigenvalue weighted by atomic mass is 10.2. The number of thiophene rings is 1. The summed E-state index contributed by atoms with van der Waals surface area (Å²) in [5.74, 6) is 0.221. The number of para-hydroxylation sites is 2. The SMILES string of the molecule is Cc1cn(-c2cccs2)c(=O)n(CCCN2CCN(c3ccccc3OCC(F)(F)F)CC2)c1=O.Cl. The largest absolute Gasteiger partial charge is 0.482 e. The van der Waals surface area contributed by atoms with E-state index in [1.807, 2.05) is 22.4 Å². The van der Waals surface area contributed by atoms with Crippen molar-refractivity contribution in [3.63, 3.8) is 0 Å². The van der Waals surface area contributed by atoms with Gasteiger partial charge in [-0.2, -0.15) is 13.2 Å². The Kier molecular flexibility index (Phi) is 9.26. The van der Waals surface area contributed by atoms with Crippen molar-refractivity contribution in [1.82, 2.24) is 14.0 Å². The Labute approximate surface area is 216 Å². The third-order valence-corrected chi connectivity index (χ3v) is 6.78. The molecule has 0 amide bonds. The smallest absolute Gasteiger partial charge is 0.422 e. The van der Waals surface area contributed by atoms with Gasteiger partial charge >= 0.3 is 11.9 Å². The molecular formula is C24H28ClF3N4O3S. The number of ether oxygens (including phenoxy) is 1. The van der Waals surface area contributed by atoms with Gasteiger partial charge in [-0.1, -0.05) is 12.1 Å². The molecule has 2 aromatic heterocycles. The Morgan fingerprint density at radius 2 is 1.72 bits per heavy atom. The number of nitrogens with zero attached hydrogens (tertiary/aromatic N) is 4. The fourth-order valence-corrected chi connectivity index (χ4v) is 4.86. The number of aryl methyl sites for hydroxylation is 1. The van der Waals surface area contributed by atoms with Gasteiger partial charge in [-0.05, 0) is 49.5 Å². The van der Waals surface area contributed by atoms with Gasteiger partial charge in [-0.15, -0.1) is 23.7 Å². The number of benzene rings is 1. The quantitative estimate of drug-likeness (QED) is 0.430. The number of hydrogen-bond donors (Lipinski definition) is 0. The van der Waals surface area contributed by atoms with Crippen LogP contribution in [0, 0.1) is 6.92 Å². The topological polar surface area (TPSA) is 59.7 Å². The highest BCUT2D eigenvalue weighted by Gasteiger charge is 2.29. The number of aromatic nitrogens is 2. The molecule has 3 heterocycles. The number of rotatable bonds is 8. The van der Waals surface area contributed by atoms with Crippen LogP contribution in [0.2, 0.25) is 0 Å². The van der Waals surface area contributed by atoms with E-state index in [1.165, 1.54) is 20.5 Å². The van der Waals surface area contributed by atoms with Gasteiger partial charge in [0.2, 0.25) is 0 Å². The van der Waals surface area contributed by atoms with Crippen molar-refractivity contribution in [3.05, 3.63) is 74.4 Å². The second-order valence-electron chi connectivity index (χ2n) is 8.43. The van der Waals surface area contributed by atoms with Crippen molar-refractivity contribution in [2.75, 3.05) is 44.2 Å². The number of halogens is 4. The zero-order valence-electron chi connectivity index (χ0n) is 19.7. The summed E-state index contributed by atoms with van der Waals surface area (Å²) in [4.78, 5) is 29.7. The van der Waals surface area contributed by atoms with Crippen molar-refractivity contribution in [1.29, 1.82) is 0 Å². The molecule has 36 heavy (non-hydrogen) atoms. The second kappa shape index (κ2) is 12.0. The Bertz CT molecular complexity index is 1250. The maximum absolute atomic E-state index is 12.9. The number of alkyl halides is 3. The predicted octanol–water partition coefficient (Wildman–Crippen LogP) is 3.94. The molecule has 3 aromatic rings. The van der Waals surface area contributed by atoms with Crippen molar-refractivity contribution < 1.29 is 17.9 Å². The van der Waals surface area contributed by atoms with Crippen LogP contribution in [0.4, 0.5) is 18.9 Å². The number of piperazine rings is 1. The van der Waals surface area contributed by atoms with E-state index in [0.29, 0.717) is 43.9 Å². The van der Waals surface area contributed by atoms with Gasteiger partial charge in [0.1, 0.15) is 10.8 Å². The zero-order valence-corrected chi connectivity index (χ0v) is 21.4. The van der Waals surface area contributed by atoms with Crippen LogP contribution in [0.1, 0.15) is 12.0 Å². The lowest BCUT2D eigenvalue weighted by Gasteiger charge is -2.36. The molecule has 0 aliphatic carbocycles. The lowest BCUT2D eigenvalue weighted by molar-refractivity contribution is -0.153. The van der Waals surface area contributed by atoms with Crippen LogP contribution < -0.4 is 20.9 Å². The van der Waals surface area contributed by atoms with E-state index in [1.54, 1.807) is 37.4 Å². The fraction of sp³-hybridized carbons (Fsp3) is 0.417. The molecule has 1 aromatic carbocycles. The molecule has 1 aliphatic rings. The first-order chi connectivity index (χ1) is 16.7. The standard InChI is InChI=1S/C24H27F3N4O3S.ClH/c1-18-16-31(21-8-4-15-35-21)23(33)30(22(18)32)10-5-9-28-11-13-29(14-12-28)19-6-2-3-7-20(19)34-17-24(25,26)27;/h2-4,6-8,15-16H,5,9-14,17H2,1H3;1H. The number of hydrogen-bond acceptors (Lipinski definition) is 6. The summed E-state index contributed by atoms with van der Waals surface area (Å²) < 4.78 is 45.6. The summed E-state index contributed by atoms with van der Waals surface area (Å²) >= 11 is 1.43. The summed E-state index contributed by atoms with van der Waals surface area (Å²) in [6.45, 7) is 4.13. The highest BCUT2D eigenvalue weighted by atomic mass is 35.5. The molecule has 0 spiro atoms. The first kappa shape index (κ1) is 27.8. The fourth-order valence-electron chi connectivity index (χ4n) is 4.16. The summed E-state index contributed by atoms with van der Waals surface area (Å²) in [5.41, 5.74) is 0.543. The molecule has 0 atom stereocenters. The molecule has 196 valence electrons. The van der Waals surface area contributed by atoms with Gasteiger partial charge in [0.25, 0.3) is 5.56 Å². The van der Waals surface area contributed by atoms with Gasteiger partial charge in [-0.3, -0.25) is 18.8 Å². The molecule has 4 rings (SSSR count).